The van der Waals surface area contributed by atoms with Crippen LogP contribution in [-0.2, 0) is 4.74 Å². The van der Waals surface area contributed by atoms with Crippen LogP contribution in [0.2, 0.25) is 0 Å². The highest BCUT2D eigenvalue weighted by Gasteiger charge is 2.21. The quantitative estimate of drug-likeness (QED) is 0.703. The molecule has 4 heteroatoms. The molecule has 0 aromatic heterocycles. The molecule has 0 saturated carbocycles. The lowest BCUT2D eigenvalue weighted by molar-refractivity contribution is 0.0406. The lowest BCUT2D eigenvalue weighted by Gasteiger charge is -2.31. The summed E-state index contributed by atoms with van der Waals surface area (Å²) in [5.41, 5.74) is -0.358. The standard InChI is InChI=1S/C14H27N3O/c1-14(12-15,16-2)8-4-5-9-17-10-6-13(18-3)7-11-17/h13,16H,4-11H2,1-3H3. The van der Waals surface area contributed by atoms with Crippen molar-refractivity contribution >= 4 is 0 Å². The third-order valence-electron chi connectivity index (χ3n) is 4.07. The summed E-state index contributed by atoms with van der Waals surface area (Å²) in [6, 6.07) is 2.34. The highest BCUT2D eigenvalue weighted by atomic mass is 16.5. The Morgan fingerprint density at radius 1 is 1.39 bits per heavy atom. The van der Waals surface area contributed by atoms with E-state index in [4.69, 9.17) is 10.00 Å². The summed E-state index contributed by atoms with van der Waals surface area (Å²) < 4.78 is 5.37. The van der Waals surface area contributed by atoms with Gasteiger partial charge < -0.3 is 15.0 Å². The van der Waals surface area contributed by atoms with Gasteiger partial charge in [0.25, 0.3) is 0 Å². The molecule has 1 rings (SSSR count). The van der Waals surface area contributed by atoms with Crippen molar-refractivity contribution in [1.82, 2.24) is 10.2 Å². The zero-order valence-corrected chi connectivity index (χ0v) is 12.0. The number of nitriles is 1. The fraction of sp³-hybridized carbons (Fsp3) is 0.929. The molecule has 104 valence electrons. The molecule has 0 aliphatic carbocycles. The molecule has 1 saturated heterocycles. The Hall–Kier alpha value is -0.630. The van der Waals surface area contributed by atoms with E-state index < -0.39 is 0 Å². The van der Waals surface area contributed by atoms with Crippen molar-refractivity contribution in [2.45, 2.75) is 50.7 Å². The van der Waals surface area contributed by atoms with Crippen LogP contribution in [0, 0.1) is 11.3 Å². The molecule has 4 nitrogen and oxygen atoms in total. The van der Waals surface area contributed by atoms with Gasteiger partial charge in [-0.2, -0.15) is 5.26 Å². The average Bonchev–Trinajstić information content (AvgIpc) is 2.44. The number of unbranched alkanes of at least 4 members (excludes halogenated alkanes) is 1. The van der Waals surface area contributed by atoms with E-state index in [0.717, 1.165) is 45.3 Å². The monoisotopic (exact) mass is 253 g/mol. The van der Waals surface area contributed by atoms with E-state index >= 15 is 0 Å². The van der Waals surface area contributed by atoms with Crippen molar-refractivity contribution in [1.29, 1.82) is 5.26 Å². The number of ether oxygens (including phenoxy) is 1. The number of methoxy groups -OCH3 is 1. The van der Waals surface area contributed by atoms with E-state index in [1.807, 2.05) is 14.0 Å². The molecule has 1 aliphatic rings. The summed E-state index contributed by atoms with van der Waals surface area (Å²) in [6.45, 7) is 5.43. The maximum absolute atomic E-state index is 9.05. The van der Waals surface area contributed by atoms with Gasteiger partial charge in [0, 0.05) is 20.2 Å². The van der Waals surface area contributed by atoms with Crippen molar-refractivity contribution in [3.63, 3.8) is 0 Å². The van der Waals surface area contributed by atoms with Gasteiger partial charge in [0.1, 0.15) is 5.54 Å². The first-order valence-electron chi connectivity index (χ1n) is 6.99. The minimum absolute atomic E-state index is 0.358. The first-order valence-corrected chi connectivity index (χ1v) is 6.99. The number of nitrogens with one attached hydrogen (secondary N) is 1. The SMILES string of the molecule is CNC(C)(C#N)CCCCN1CCC(OC)CC1. The predicted octanol–water partition coefficient (Wildman–Crippen LogP) is 1.77. The molecule has 1 unspecified atom stereocenters. The molecule has 0 amide bonds. The molecule has 1 atom stereocenters. The fourth-order valence-electron chi connectivity index (χ4n) is 2.42. The highest BCUT2D eigenvalue weighted by molar-refractivity contribution is 5.02. The molecule has 1 N–H and O–H groups in total. The van der Waals surface area contributed by atoms with Crippen molar-refractivity contribution in [3.05, 3.63) is 0 Å². The van der Waals surface area contributed by atoms with Crippen LogP contribution >= 0.6 is 0 Å². The molecule has 1 heterocycles. The summed E-state index contributed by atoms with van der Waals surface area (Å²) in [7, 11) is 3.67. The van der Waals surface area contributed by atoms with Gasteiger partial charge in [-0.05, 0) is 52.6 Å². The number of rotatable bonds is 7. The molecule has 0 spiro atoms. The number of hydrogen-bond donors (Lipinski definition) is 1. The van der Waals surface area contributed by atoms with Gasteiger partial charge in [0.05, 0.1) is 12.2 Å². The number of likely N-dealkylation sites (tertiary alicyclic amines) is 1. The first-order chi connectivity index (χ1) is 8.63. The summed E-state index contributed by atoms with van der Waals surface area (Å²) in [5.74, 6) is 0. The van der Waals surface area contributed by atoms with Crippen LogP contribution < -0.4 is 5.32 Å². The smallest absolute Gasteiger partial charge is 0.103 e. The molecule has 18 heavy (non-hydrogen) atoms. The lowest BCUT2D eigenvalue weighted by Crippen LogP contribution is -2.39. The van der Waals surface area contributed by atoms with Crippen molar-refractivity contribution in [2.75, 3.05) is 33.8 Å². The fourth-order valence-corrected chi connectivity index (χ4v) is 2.42. The van der Waals surface area contributed by atoms with Crippen LogP contribution in [0.15, 0.2) is 0 Å². The van der Waals surface area contributed by atoms with Crippen LogP contribution in [0.25, 0.3) is 0 Å². The van der Waals surface area contributed by atoms with Gasteiger partial charge in [-0.25, -0.2) is 0 Å². The van der Waals surface area contributed by atoms with Crippen LogP contribution in [0.4, 0.5) is 0 Å². The second-order valence-electron chi connectivity index (χ2n) is 5.43. The Kier molecular flexibility index (Phi) is 6.62. The number of hydrogen-bond acceptors (Lipinski definition) is 4. The minimum Gasteiger partial charge on any atom is -0.381 e. The first kappa shape index (κ1) is 15.4. The average molecular weight is 253 g/mol. The maximum Gasteiger partial charge on any atom is 0.103 e. The van der Waals surface area contributed by atoms with E-state index in [1.54, 1.807) is 7.11 Å². The van der Waals surface area contributed by atoms with Crippen LogP contribution in [0.3, 0.4) is 0 Å². The van der Waals surface area contributed by atoms with Gasteiger partial charge >= 0.3 is 0 Å². The second-order valence-corrected chi connectivity index (χ2v) is 5.43. The van der Waals surface area contributed by atoms with E-state index in [2.05, 4.69) is 16.3 Å². The molecule has 0 bridgehead atoms. The molecule has 0 radical (unpaired) electrons. The minimum atomic E-state index is -0.358. The third-order valence-corrected chi connectivity index (χ3v) is 4.07. The Labute approximate surface area is 111 Å². The Balaban J connectivity index is 2.11. The van der Waals surface area contributed by atoms with Crippen LogP contribution in [0.1, 0.15) is 39.0 Å². The number of nitrogens with zero attached hydrogens (tertiary/aromatic N) is 2. The van der Waals surface area contributed by atoms with Crippen molar-refractivity contribution in [2.24, 2.45) is 0 Å². The topological polar surface area (TPSA) is 48.3 Å². The summed E-state index contributed by atoms with van der Waals surface area (Å²) in [5, 5.41) is 12.1. The van der Waals surface area contributed by atoms with Gasteiger partial charge in [-0.1, -0.05) is 0 Å². The van der Waals surface area contributed by atoms with Crippen LogP contribution in [-0.4, -0.2) is 50.3 Å². The lowest BCUT2D eigenvalue weighted by atomic mass is 9.96. The molecule has 1 aliphatic heterocycles. The van der Waals surface area contributed by atoms with E-state index in [-0.39, 0.29) is 5.54 Å². The second kappa shape index (κ2) is 7.73. The summed E-state index contributed by atoms with van der Waals surface area (Å²) in [4.78, 5) is 2.51. The van der Waals surface area contributed by atoms with Crippen molar-refractivity contribution < 1.29 is 4.74 Å². The Bertz CT molecular complexity index is 269. The zero-order chi connectivity index (χ0) is 13.4. The Morgan fingerprint density at radius 2 is 2.06 bits per heavy atom. The van der Waals surface area contributed by atoms with Crippen molar-refractivity contribution in [3.8, 4) is 6.07 Å². The third kappa shape index (κ3) is 4.93. The summed E-state index contributed by atoms with van der Waals surface area (Å²) >= 11 is 0. The predicted molar refractivity (Wildman–Crippen MR) is 73.4 cm³/mol. The van der Waals surface area contributed by atoms with E-state index in [1.165, 1.54) is 6.42 Å². The van der Waals surface area contributed by atoms with E-state index in [0.29, 0.717) is 6.10 Å². The largest absolute Gasteiger partial charge is 0.381 e. The van der Waals surface area contributed by atoms with Gasteiger partial charge in [-0.15, -0.1) is 0 Å². The van der Waals surface area contributed by atoms with Crippen LogP contribution in [0.5, 0.6) is 0 Å². The van der Waals surface area contributed by atoms with Gasteiger partial charge in [-0.3, -0.25) is 0 Å². The highest BCUT2D eigenvalue weighted by Crippen LogP contribution is 2.15. The van der Waals surface area contributed by atoms with Gasteiger partial charge in [0.15, 0.2) is 0 Å². The molecular weight excluding hydrogens is 226 g/mol. The zero-order valence-electron chi connectivity index (χ0n) is 12.0. The Morgan fingerprint density at radius 3 is 2.56 bits per heavy atom. The summed E-state index contributed by atoms with van der Waals surface area (Å²) in [6.07, 6.45) is 5.99. The maximum atomic E-state index is 9.05. The molecule has 0 aromatic carbocycles. The number of piperidine rings is 1. The molecular formula is C14H27N3O. The van der Waals surface area contributed by atoms with Gasteiger partial charge in [0.2, 0.25) is 0 Å². The molecule has 0 aromatic rings. The van der Waals surface area contributed by atoms with E-state index in [9.17, 15) is 0 Å². The normalized spacial score (nSPS) is 21.4. The molecule has 1 fully saturated rings.